The minimum atomic E-state index is -3.77. The molecule has 148 valence electrons. The molecule has 1 aliphatic heterocycles. The summed E-state index contributed by atoms with van der Waals surface area (Å²) in [6.45, 7) is 2.94. The lowest BCUT2D eigenvalue weighted by Crippen LogP contribution is -2.48. The van der Waals surface area contributed by atoms with Gasteiger partial charge in [0.1, 0.15) is 22.1 Å². The summed E-state index contributed by atoms with van der Waals surface area (Å²) >= 11 is 0. The Balaban J connectivity index is 1.61. The van der Waals surface area contributed by atoms with Crippen LogP contribution in [0.3, 0.4) is 0 Å². The topological polar surface area (TPSA) is 79.9 Å². The van der Waals surface area contributed by atoms with Gasteiger partial charge in [-0.05, 0) is 25.1 Å². The van der Waals surface area contributed by atoms with Gasteiger partial charge in [-0.25, -0.2) is 17.5 Å². The van der Waals surface area contributed by atoms with Crippen LogP contribution in [0.25, 0.3) is 5.52 Å². The van der Waals surface area contributed by atoms with Crippen LogP contribution in [0.1, 0.15) is 5.82 Å². The van der Waals surface area contributed by atoms with E-state index in [2.05, 4.69) is 5.10 Å². The van der Waals surface area contributed by atoms with Gasteiger partial charge in [-0.15, -0.1) is 0 Å². The molecule has 8 nitrogen and oxygen atoms in total. The molecule has 28 heavy (non-hydrogen) atoms. The average Bonchev–Trinajstić information content (AvgIpc) is 3.14. The third-order valence-electron chi connectivity index (χ3n) is 5.02. The molecule has 0 unspecified atom stereocenters. The molecule has 1 aliphatic rings. The third-order valence-corrected chi connectivity index (χ3v) is 6.88. The first kappa shape index (κ1) is 18.6. The number of benzene rings is 1. The highest BCUT2D eigenvalue weighted by atomic mass is 32.2. The van der Waals surface area contributed by atoms with Crippen LogP contribution in [-0.4, -0.2) is 53.1 Å². The summed E-state index contributed by atoms with van der Waals surface area (Å²) in [4.78, 5) is 14.1. The highest BCUT2D eigenvalue weighted by Gasteiger charge is 2.30. The number of sulfonamides is 1. The summed E-state index contributed by atoms with van der Waals surface area (Å²) in [5.41, 5.74) is 0.370. The number of piperazine rings is 1. The minimum absolute atomic E-state index is 0.0556. The van der Waals surface area contributed by atoms with Crippen molar-refractivity contribution < 1.29 is 12.8 Å². The van der Waals surface area contributed by atoms with Crippen LogP contribution in [0, 0.1) is 12.7 Å². The van der Waals surface area contributed by atoms with E-state index in [0.717, 1.165) is 0 Å². The molecule has 0 spiro atoms. The number of rotatable bonds is 3. The van der Waals surface area contributed by atoms with Crippen molar-refractivity contribution in [3.8, 4) is 0 Å². The third kappa shape index (κ3) is 2.98. The smallest absolute Gasteiger partial charge is 0.290 e. The molecule has 0 bridgehead atoms. The van der Waals surface area contributed by atoms with Gasteiger partial charge in [0, 0.05) is 39.4 Å². The summed E-state index contributed by atoms with van der Waals surface area (Å²) in [6.07, 6.45) is 1.43. The van der Waals surface area contributed by atoms with Gasteiger partial charge in [-0.3, -0.25) is 9.20 Å². The van der Waals surface area contributed by atoms with E-state index in [-0.39, 0.29) is 34.9 Å². The molecular weight excluding hydrogens is 385 g/mol. The standard InChI is InChI=1S/C18H20FN5O3S/c1-13-20-21(2)18(25)17-11-14(12-24(13)17)28(26,27)23-9-7-22(8-10-23)16-6-4-3-5-15(16)19/h3-6,11-12H,7-10H2,1-2H3. The SMILES string of the molecule is Cc1nn(C)c(=O)c2cc(S(=O)(=O)N3CCN(c4ccccc4F)CC3)cn12. The molecule has 1 aromatic carbocycles. The number of anilines is 1. The van der Waals surface area contributed by atoms with Gasteiger partial charge in [0.25, 0.3) is 5.56 Å². The first-order chi connectivity index (χ1) is 13.3. The predicted octanol–water partition coefficient (Wildman–Crippen LogP) is 0.991. The Morgan fingerprint density at radius 1 is 1.11 bits per heavy atom. The van der Waals surface area contributed by atoms with Crippen LogP contribution in [-0.2, 0) is 17.1 Å². The van der Waals surface area contributed by atoms with Crippen LogP contribution in [0.4, 0.5) is 10.1 Å². The van der Waals surface area contributed by atoms with Gasteiger partial charge in [0.05, 0.1) is 5.69 Å². The molecule has 0 amide bonds. The van der Waals surface area contributed by atoms with Gasteiger partial charge in [-0.1, -0.05) is 12.1 Å². The monoisotopic (exact) mass is 405 g/mol. The van der Waals surface area contributed by atoms with E-state index in [9.17, 15) is 17.6 Å². The molecule has 0 atom stereocenters. The molecule has 1 fully saturated rings. The van der Waals surface area contributed by atoms with Gasteiger partial charge in [0.2, 0.25) is 10.0 Å². The molecule has 3 heterocycles. The van der Waals surface area contributed by atoms with E-state index in [1.54, 1.807) is 25.1 Å². The summed E-state index contributed by atoms with van der Waals surface area (Å²) in [7, 11) is -2.24. The summed E-state index contributed by atoms with van der Waals surface area (Å²) in [5.74, 6) is 0.194. The van der Waals surface area contributed by atoms with Crippen molar-refractivity contribution in [1.82, 2.24) is 18.5 Å². The second-order valence-corrected chi connectivity index (χ2v) is 8.69. The normalized spacial score (nSPS) is 16.0. The summed E-state index contributed by atoms with van der Waals surface area (Å²) < 4.78 is 44.2. The Labute approximate surface area is 161 Å². The second kappa shape index (κ2) is 6.71. The van der Waals surface area contributed by atoms with Crippen molar-refractivity contribution in [1.29, 1.82) is 0 Å². The lowest BCUT2D eigenvalue weighted by Gasteiger charge is -2.35. The molecule has 1 saturated heterocycles. The van der Waals surface area contributed by atoms with E-state index in [4.69, 9.17) is 0 Å². The maximum atomic E-state index is 14.0. The van der Waals surface area contributed by atoms with Crippen LogP contribution >= 0.6 is 0 Å². The molecule has 0 saturated carbocycles. The maximum Gasteiger partial charge on any atom is 0.290 e. The Bertz CT molecular complexity index is 1210. The fourth-order valence-corrected chi connectivity index (χ4v) is 4.96. The van der Waals surface area contributed by atoms with Crippen molar-refractivity contribution in [3.05, 3.63) is 58.5 Å². The van der Waals surface area contributed by atoms with Crippen LogP contribution in [0.15, 0.2) is 46.2 Å². The number of aromatic nitrogens is 3. The summed E-state index contributed by atoms with van der Waals surface area (Å²) in [5, 5.41) is 4.08. The van der Waals surface area contributed by atoms with Gasteiger partial charge in [-0.2, -0.15) is 9.40 Å². The zero-order valence-electron chi connectivity index (χ0n) is 15.5. The average molecular weight is 405 g/mol. The van der Waals surface area contributed by atoms with Crippen molar-refractivity contribution in [2.75, 3.05) is 31.1 Å². The zero-order chi connectivity index (χ0) is 20.1. The van der Waals surface area contributed by atoms with E-state index >= 15 is 0 Å². The first-order valence-electron chi connectivity index (χ1n) is 8.84. The van der Waals surface area contributed by atoms with Crippen molar-refractivity contribution in [2.45, 2.75) is 11.8 Å². The number of halogens is 1. The fraction of sp³-hybridized carbons (Fsp3) is 0.333. The van der Waals surface area contributed by atoms with Gasteiger partial charge in [0.15, 0.2) is 0 Å². The van der Waals surface area contributed by atoms with E-state index in [1.807, 2.05) is 4.90 Å². The second-order valence-electron chi connectivity index (χ2n) is 6.75. The van der Waals surface area contributed by atoms with Crippen molar-refractivity contribution in [3.63, 3.8) is 0 Å². The van der Waals surface area contributed by atoms with Crippen LogP contribution < -0.4 is 10.5 Å². The fourth-order valence-electron chi connectivity index (χ4n) is 3.51. The molecule has 10 heteroatoms. The quantitative estimate of drug-likeness (QED) is 0.649. The van der Waals surface area contributed by atoms with E-state index in [0.29, 0.717) is 24.6 Å². The Kier molecular flexibility index (Phi) is 4.47. The number of nitrogens with zero attached hydrogens (tertiary/aromatic N) is 5. The molecule has 2 aromatic heterocycles. The van der Waals surface area contributed by atoms with Crippen LogP contribution in [0.2, 0.25) is 0 Å². The molecule has 0 aliphatic carbocycles. The summed E-state index contributed by atoms with van der Waals surface area (Å²) in [6, 6.07) is 7.84. The largest absolute Gasteiger partial charge is 0.367 e. The number of fused-ring (bicyclic) bond motifs is 1. The first-order valence-corrected chi connectivity index (χ1v) is 10.3. The van der Waals surface area contributed by atoms with E-state index < -0.39 is 10.0 Å². The van der Waals surface area contributed by atoms with Crippen LogP contribution in [0.5, 0.6) is 0 Å². The molecule has 4 rings (SSSR count). The number of para-hydroxylation sites is 1. The lowest BCUT2D eigenvalue weighted by molar-refractivity contribution is 0.383. The molecule has 0 radical (unpaired) electrons. The highest BCUT2D eigenvalue weighted by molar-refractivity contribution is 7.89. The van der Waals surface area contributed by atoms with Crippen molar-refractivity contribution in [2.24, 2.45) is 7.05 Å². The highest BCUT2D eigenvalue weighted by Crippen LogP contribution is 2.24. The lowest BCUT2D eigenvalue weighted by atomic mass is 10.2. The molecular formula is C18H20FN5O3S. The minimum Gasteiger partial charge on any atom is -0.367 e. The molecule has 3 aromatic rings. The number of hydrogen-bond acceptors (Lipinski definition) is 5. The van der Waals surface area contributed by atoms with E-state index in [1.165, 1.54) is 38.8 Å². The Morgan fingerprint density at radius 3 is 2.46 bits per heavy atom. The zero-order valence-corrected chi connectivity index (χ0v) is 16.4. The van der Waals surface area contributed by atoms with Crippen molar-refractivity contribution >= 4 is 21.2 Å². The Hall–Kier alpha value is -2.72. The Morgan fingerprint density at radius 2 is 1.79 bits per heavy atom. The van der Waals surface area contributed by atoms with Gasteiger partial charge >= 0.3 is 0 Å². The number of aryl methyl sites for hydroxylation is 2. The molecule has 0 N–H and O–H groups in total. The predicted molar refractivity (Wildman–Crippen MR) is 103 cm³/mol. The maximum absolute atomic E-state index is 14.0. The van der Waals surface area contributed by atoms with Gasteiger partial charge < -0.3 is 4.90 Å². The number of hydrogen-bond donors (Lipinski definition) is 0.